The monoisotopic (exact) mass is 318 g/mol. The number of hydrogen-bond acceptors (Lipinski definition) is 3. The largest absolute Gasteiger partial charge is 0.337 e. The molecule has 0 fully saturated rings. The maximum atomic E-state index is 13.7. The zero-order chi connectivity index (χ0) is 15.5. The summed E-state index contributed by atoms with van der Waals surface area (Å²) in [5.41, 5.74) is 1.85. The number of carbonyl (C=O) groups is 1. The van der Waals surface area contributed by atoms with E-state index in [2.05, 4.69) is 16.8 Å². The number of benzene rings is 1. The molecule has 0 spiro atoms. The third-order valence-corrected chi connectivity index (χ3v) is 5.11. The molecule has 0 unspecified atom stereocenters. The molecule has 116 valence electrons. The first-order chi connectivity index (χ1) is 10.6. The number of rotatable bonds is 4. The fourth-order valence-electron chi connectivity index (χ4n) is 2.75. The molecule has 3 rings (SSSR count). The highest BCUT2D eigenvalue weighted by Gasteiger charge is 2.21. The van der Waals surface area contributed by atoms with Gasteiger partial charge in [0.05, 0.1) is 6.54 Å². The van der Waals surface area contributed by atoms with Crippen LogP contribution >= 0.6 is 11.3 Å². The molecule has 1 aliphatic heterocycles. The molecule has 1 aromatic heterocycles. The average molecular weight is 318 g/mol. The molecule has 1 amide bonds. The Balaban J connectivity index is 1.56. The molecule has 3 nitrogen and oxygen atoms in total. The zero-order valence-electron chi connectivity index (χ0n) is 12.5. The van der Waals surface area contributed by atoms with Crippen molar-refractivity contribution >= 4 is 17.2 Å². The summed E-state index contributed by atoms with van der Waals surface area (Å²) in [6.45, 7) is 3.56. The van der Waals surface area contributed by atoms with Gasteiger partial charge in [-0.2, -0.15) is 0 Å². The van der Waals surface area contributed by atoms with E-state index in [4.69, 9.17) is 0 Å². The van der Waals surface area contributed by atoms with Crippen LogP contribution in [0.4, 0.5) is 4.39 Å². The van der Waals surface area contributed by atoms with E-state index >= 15 is 0 Å². The van der Waals surface area contributed by atoms with Crippen molar-refractivity contribution in [1.29, 1.82) is 0 Å². The normalized spacial score (nSPS) is 15.5. The summed E-state index contributed by atoms with van der Waals surface area (Å²) in [4.78, 5) is 15.6. The second-order valence-corrected chi connectivity index (χ2v) is 6.56. The van der Waals surface area contributed by atoms with Crippen molar-refractivity contribution in [1.82, 2.24) is 10.2 Å². The third kappa shape index (κ3) is 3.20. The summed E-state index contributed by atoms with van der Waals surface area (Å²) in [5.74, 6) is -0.170. The molecule has 1 aliphatic rings. The van der Waals surface area contributed by atoms with Crippen LogP contribution in [0.1, 0.15) is 29.0 Å². The summed E-state index contributed by atoms with van der Waals surface area (Å²) in [6.07, 6.45) is 0.932. The van der Waals surface area contributed by atoms with Gasteiger partial charge in [0.25, 0.3) is 0 Å². The van der Waals surface area contributed by atoms with Crippen molar-refractivity contribution in [2.45, 2.75) is 25.9 Å². The first kappa shape index (κ1) is 15.2. The van der Waals surface area contributed by atoms with Gasteiger partial charge in [-0.25, -0.2) is 4.39 Å². The van der Waals surface area contributed by atoms with Crippen molar-refractivity contribution < 1.29 is 9.18 Å². The summed E-state index contributed by atoms with van der Waals surface area (Å²) in [7, 11) is 0. The lowest BCUT2D eigenvalue weighted by Gasteiger charge is -2.27. The summed E-state index contributed by atoms with van der Waals surface area (Å²) in [5, 5.41) is 5.21. The number of amides is 1. The Bertz CT molecular complexity index is 670. The Morgan fingerprint density at radius 1 is 1.41 bits per heavy atom. The molecular weight excluding hydrogens is 299 g/mol. The molecular formula is C17H19FN2OS. The second kappa shape index (κ2) is 6.58. The highest BCUT2D eigenvalue weighted by atomic mass is 32.1. The van der Waals surface area contributed by atoms with E-state index in [0.717, 1.165) is 13.0 Å². The SMILES string of the molecule is C[C@H](NCC(=O)N1CCc2sccc2C1)c1ccccc1F. The van der Waals surface area contributed by atoms with E-state index < -0.39 is 0 Å². The van der Waals surface area contributed by atoms with Crippen LogP contribution in [-0.4, -0.2) is 23.9 Å². The smallest absolute Gasteiger partial charge is 0.236 e. The lowest BCUT2D eigenvalue weighted by Crippen LogP contribution is -2.41. The molecule has 5 heteroatoms. The third-order valence-electron chi connectivity index (χ3n) is 4.09. The van der Waals surface area contributed by atoms with E-state index in [0.29, 0.717) is 12.1 Å². The fourth-order valence-corrected chi connectivity index (χ4v) is 3.64. The van der Waals surface area contributed by atoms with Crippen LogP contribution in [-0.2, 0) is 17.8 Å². The van der Waals surface area contributed by atoms with Gasteiger partial charge < -0.3 is 10.2 Å². The number of halogens is 1. The molecule has 2 aromatic rings. The summed E-state index contributed by atoms with van der Waals surface area (Å²) >= 11 is 1.76. The summed E-state index contributed by atoms with van der Waals surface area (Å²) < 4.78 is 13.7. The number of nitrogens with zero attached hydrogens (tertiary/aromatic N) is 1. The molecule has 0 aliphatic carbocycles. The maximum Gasteiger partial charge on any atom is 0.236 e. The van der Waals surface area contributed by atoms with E-state index in [-0.39, 0.29) is 24.3 Å². The van der Waals surface area contributed by atoms with Crippen LogP contribution in [0.5, 0.6) is 0 Å². The van der Waals surface area contributed by atoms with Crippen LogP contribution in [0.2, 0.25) is 0 Å². The minimum Gasteiger partial charge on any atom is -0.337 e. The van der Waals surface area contributed by atoms with Crippen LogP contribution < -0.4 is 5.32 Å². The van der Waals surface area contributed by atoms with E-state index in [1.54, 1.807) is 29.5 Å². The van der Waals surface area contributed by atoms with Crippen molar-refractivity contribution in [3.05, 3.63) is 57.5 Å². The minimum absolute atomic E-state index is 0.0695. The van der Waals surface area contributed by atoms with Crippen LogP contribution in [0.15, 0.2) is 35.7 Å². The number of carbonyl (C=O) groups excluding carboxylic acids is 1. The van der Waals surface area contributed by atoms with Gasteiger partial charge in [0.2, 0.25) is 5.91 Å². The number of thiophene rings is 1. The van der Waals surface area contributed by atoms with Crippen molar-refractivity contribution in [2.75, 3.05) is 13.1 Å². The number of hydrogen-bond donors (Lipinski definition) is 1. The Morgan fingerprint density at radius 3 is 3.05 bits per heavy atom. The lowest BCUT2D eigenvalue weighted by atomic mass is 10.1. The van der Waals surface area contributed by atoms with Gasteiger partial charge in [-0.1, -0.05) is 18.2 Å². The molecule has 1 N–H and O–H groups in total. The fraction of sp³-hybridized carbons (Fsp3) is 0.353. The predicted molar refractivity (Wildman–Crippen MR) is 86.3 cm³/mol. The molecule has 2 heterocycles. The van der Waals surface area contributed by atoms with Crippen LogP contribution in [0.3, 0.4) is 0 Å². The highest BCUT2D eigenvalue weighted by Crippen LogP contribution is 2.24. The minimum atomic E-state index is -0.240. The standard InChI is InChI=1S/C17H19FN2OS/c1-12(14-4-2-3-5-15(14)18)19-10-17(21)20-8-6-16-13(11-20)7-9-22-16/h2-5,7,9,12,19H,6,8,10-11H2,1H3/t12-/m0/s1. The topological polar surface area (TPSA) is 32.3 Å². The van der Waals surface area contributed by atoms with Gasteiger partial charge in [-0.3, -0.25) is 4.79 Å². The Hall–Kier alpha value is -1.72. The van der Waals surface area contributed by atoms with Gasteiger partial charge in [0.15, 0.2) is 0 Å². The molecule has 0 radical (unpaired) electrons. The number of fused-ring (bicyclic) bond motifs is 1. The molecule has 22 heavy (non-hydrogen) atoms. The zero-order valence-corrected chi connectivity index (χ0v) is 13.3. The molecule has 1 atom stereocenters. The van der Waals surface area contributed by atoms with Gasteiger partial charge in [0.1, 0.15) is 5.82 Å². The van der Waals surface area contributed by atoms with Crippen molar-refractivity contribution in [3.8, 4) is 0 Å². The van der Waals surface area contributed by atoms with Crippen molar-refractivity contribution in [3.63, 3.8) is 0 Å². The predicted octanol–water partition coefficient (Wildman–Crippen LogP) is 3.12. The van der Waals surface area contributed by atoms with Gasteiger partial charge in [0, 0.05) is 29.6 Å². The van der Waals surface area contributed by atoms with Gasteiger partial charge >= 0.3 is 0 Å². The number of nitrogens with one attached hydrogen (secondary N) is 1. The molecule has 0 bridgehead atoms. The highest BCUT2D eigenvalue weighted by molar-refractivity contribution is 7.10. The lowest BCUT2D eigenvalue weighted by molar-refractivity contribution is -0.131. The van der Waals surface area contributed by atoms with Gasteiger partial charge in [-0.05, 0) is 36.4 Å². The summed E-state index contributed by atoms with van der Waals surface area (Å²) in [6, 6.07) is 8.57. The first-order valence-electron chi connectivity index (χ1n) is 7.46. The molecule has 1 aromatic carbocycles. The molecule has 0 saturated carbocycles. The maximum absolute atomic E-state index is 13.7. The average Bonchev–Trinajstić information content (AvgIpc) is 3.00. The Kier molecular flexibility index (Phi) is 4.55. The van der Waals surface area contributed by atoms with Crippen LogP contribution in [0.25, 0.3) is 0 Å². The quantitative estimate of drug-likeness (QED) is 0.939. The first-order valence-corrected chi connectivity index (χ1v) is 8.34. The van der Waals surface area contributed by atoms with E-state index in [9.17, 15) is 9.18 Å². The second-order valence-electron chi connectivity index (χ2n) is 5.56. The molecule has 0 saturated heterocycles. The van der Waals surface area contributed by atoms with Crippen LogP contribution in [0, 0.1) is 5.82 Å². The van der Waals surface area contributed by atoms with Crippen molar-refractivity contribution in [2.24, 2.45) is 0 Å². The van der Waals surface area contributed by atoms with E-state index in [1.165, 1.54) is 16.5 Å². The van der Waals surface area contributed by atoms with E-state index in [1.807, 2.05) is 11.8 Å². The Morgan fingerprint density at radius 2 is 2.23 bits per heavy atom. The van der Waals surface area contributed by atoms with Gasteiger partial charge in [-0.15, -0.1) is 11.3 Å². The Labute approximate surface area is 133 Å².